The SMILES string of the molecule is c1coc(CNc2ccc3c(c2)OCCO3)c1. The molecule has 1 N–H and O–H groups in total. The first kappa shape index (κ1) is 10.1. The zero-order valence-corrected chi connectivity index (χ0v) is 9.31. The molecule has 0 unspecified atom stereocenters. The highest BCUT2D eigenvalue weighted by Crippen LogP contribution is 2.32. The van der Waals surface area contributed by atoms with Crippen LogP contribution in [0.4, 0.5) is 5.69 Å². The molecule has 0 radical (unpaired) electrons. The standard InChI is InChI=1S/C13H13NO3/c1-2-11(15-5-1)9-14-10-3-4-12-13(8-10)17-7-6-16-12/h1-5,8,14H,6-7,9H2. The van der Waals surface area contributed by atoms with E-state index >= 15 is 0 Å². The molecule has 0 fully saturated rings. The van der Waals surface area contributed by atoms with Crippen LogP contribution in [0.5, 0.6) is 11.5 Å². The van der Waals surface area contributed by atoms with Crippen molar-refractivity contribution < 1.29 is 13.9 Å². The first-order valence-electron chi connectivity index (χ1n) is 5.58. The largest absolute Gasteiger partial charge is 0.486 e. The number of ether oxygens (including phenoxy) is 2. The number of nitrogens with one attached hydrogen (secondary N) is 1. The van der Waals surface area contributed by atoms with E-state index in [4.69, 9.17) is 13.9 Å². The van der Waals surface area contributed by atoms with Gasteiger partial charge in [-0.3, -0.25) is 0 Å². The molecule has 1 aliphatic heterocycles. The zero-order chi connectivity index (χ0) is 11.5. The lowest BCUT2D eigenvalue weighted by Crippen LogP contribution is -2.15. The Morgan fingerprint density at radius 2 is 1.94 bits per heavy atom. The summed E-state index contributed by atoms with van der Waals surface area (Å²) in [5.74, 6) is 2.50. The lowest BCUT2D eigenvalue weighted by molar-refractivity contribution is 0.171. The fraction of sp³-hybridized carbons (Fsp3) is 0.231. The van der Waals surface area contributed by atoms with Crippen LogP contribution in [0.1, 0.15) is 5.76 Å². The minimum atomic E-state index is 0.606. The third kappa shape index (κ3) is 2.20. The Bertz CT molecular complexity index is 493. The maximum Gasteiger partial charge on any atom is 0.163 e. The summed E-state index contributed by atoms with van der Waals surface area (Å²) in [6, 6.07) is 9.64. The van der Waals surface area contributed by atoms with Crippen molar-refractivity contribution in [3.8, 4) is 11.5 Å². The Morgan fingerprint density at radius 3 is 2.76 bits per heavy atom. The number of hydrogen-bond donors (Lipinski definition) is 1. The van der Waals surface area contributed by atoms with E-state index < -0.39 is 0 Å². The van der Waals surface area contributed by atoms with Gasteiger partial charge in [-0.2, -0.15) is 0 Å². The monoisotopic (exact) mass is 231 g/mol. The summed E-state index contributed by atoms with van der Waals surface area (Å²) < 4.78 is 16.2. The minimum absolute atomic E-state index is 0.606. The highest BCUT2D eigenvalue weighted by Gasteiger charge is 2.11. The van der Waals surface area contributed by atoms with E-state index in [1.165, 1.54) is 0 Å². The number of fused-ring (bicyclic) bond motifs is 1. The normalized spacial score (nSPS) is 13.4. The fourth-order valence-corrected chi connectivity index (χ4v) is 1.76. The number of benzene rings is 1. The highest BCUT2D eigenvalue weighted by molar-refractivity contribution is 5.55. The molecule has 1 aliphatic rings. The molecule has 0 amide bonds. The van der Waals surface area contributed by atoms with Crippen molar-refractivity contribution in [3.63, 3.8) is 0 Å². The molecule has 0 atom stereocenters. The maximum absolute atomic E-state index is 5.51. The first-order chi connectivity index (χ1) is 8.42. The molecule has 0 saturated heterocycles. The summed E-state index contributed by atoms with van der Waals surface area (Å²) in [6.07, 6.45) is 1.67. The third-order valence-corrected chi connectivity index (χ3v) is 2.59. The highest BCUT2D eigenvalue weighted by atomic mass is 16.6. The average molecular weight is 231 g/mol. The summed E-state index contributed by atoms with van der Waals surface area (Å²) in [4.78, 5) is 0. The van der Waals surface area contributed by atoms with E-state index in [1.54, 1.807) is 6.26 Å². The molecular formula is C13H13NO3. The van der Waals surface area contributed by atoms with Gasteiger partial charge in [-0.25, -0.2) is 0 Å². The quantitative estimate of drug-likeness (QED) is 0.882. The van der Waals surface area contributed by atoms with Gasteiger partial charge in [0, 0.05) is 11.8 Å². The smallest absolute Gasteiger partial charge is 0.163 e. The fourth-order valence-electron chi connectivity index (χ4n) is 1.76. The van der Waals surface area contributed by atoms with Gasteiger partial charge in [-0.1, -0.05) is 0 Å². The van der Waals surface area contributed by atoms with Gasteiger partial charge in [0.05, 0.1) is 12.8 Å². The molecule has 4 heteroatoms. The number of rotatable bonds is 3. The molecule has 2 aromatic rings. The predicted molar refractivity (Wildman–Crippen MR) is 63.5 cm³/mol. The molecule has 17 heavy (non-hydrogen) atoms. The van der Waals surface area contributed by atoms with E-state index in [0.717, 1.165) is 22.9 Å². The van der Waals surface area contributed by atoms with Gasteiger partial charge in [-0.05, 0) is 24.3 Å². The summed E-state index contributed by atoms with van der Waals surface area (Å²) in [5.41, 5.74) is 0.991. The Kier molecular flexibility index (Phi) is 2.62. The summed E-state index contributed by atoms with van der Waals surface area (Å²) in [5, 5.41) is 3.27. The topological polar surface area (TPSA) is 43.6 Å². The van der Waals surface area contributed by atoms with Crippen LogP contribution in [0.3, 0.4) is 0 Å². The third-order valence-electron chi connectivity index (χ3n) is 2.59. The first-order valence-corrected chi connectivity index (χ1v) is 5.58. The zero-order valence-electron chi connectivity index (χ0n) is 9.31. The minimum Gasteiger partial charge on any atom is -0.486 e. The summed E-state index contributed by atoms with van der Waals surface area (Å²) in [6.45, 7) is 1.88. The van der Waals surface area contributed by atoms with E-state index in [0.29, 0.717) is 19.8 Å². The van der Waals surface area contributed by atoms with Crippen molar-refractivity contribution in [1.82, 2.24) is 0 Å². The number of furan rings is 1. The lowest BCUT2D eigenvalue weighted by atomic mass is 10.2. The predicted octanol–water partition coefficient (Wildman–Crippen LogP) is 2.66. The van der Waals surface area contributed by atoms with Gasteiger partial charge < -0.3 is 19.2 Å². The van der Waals surface area contributed by atoms with Crippen molar-refractivity contribution in [2.45, 2.75) is 6.54 Å². The Labute approximate surface area is 99.1 Å². The Hall–Kier alpha value is -2.10. The van der Waals surface area contributed by atoms with Crippen LogP contribution in [-0.2, 0) is 6.54 Å². The molecule has 3 rings (SSSR count). The van der Waals surface area contributed by atoms with E-state index in [9.17, 15) is 0 Å². The van der Waals surface area contributed by atoms with Crippen LogP contribution in [0.15, 0.2) is 41.0 Å². The van der Waals surface area contributed by atoms with Crippen LogP contribution >= 0.6 is 0 Å². The van der Waals surface area contributed by atoms with Crippen LogP contribution in [-0.4, -0.2) is 13.2 Å². The molecule has 1 aromatic carbocycles. The van der Waals surface area contributed by atoms with Gasteiger partial charge in [-0.15, -0.1) is 0 Å². The molecular weight excluding hydrogens is 218 g/mol. The molecule has 88 valence electrons. The molecule has 0 aliphatic carbocycles. The van der Waals surface area contributed by atoms with Crippen LogP contribution in [0.2, 0.25) is 0 Å². The van der Waals surface area contributed by atoms with Gasteiger partial charge in [0.2, 0.25) is 0 Å². The maximum atomic E-state index is 5.51. The van der Waals surface area contributed by atoms with Crippen molar-refractivity contribution in [3.05, 3.63) is 42.4 Å². The molecule has 4 nitrogen and oxygen atoms in total. The van der Waals surface area contributed by atoms with Crippen molar-refractivity contribution in [2.75, 3.05) is 18.5 Å². The number of hydrogen-bond acceptors (Lipinski definition) is 4. The Morgan fingerprint density at radius 1 is 1.06 bits per heavy atom. The number of anilines is 1. The van der Waals surface area contributed by atoms with Gasteiger partial charge in [0.15, 0.2) is 11.5 Å². The average Bonchev–Trinajstić information content (AvgIpc) is 2.89. The van der Waals surface area contributed by atoms with Gasteiger partial charge in [0.1, 0.15) is 19.0 Å². The van der Waals surface area contributed by atoms with Crippen molar-refractivity contribution in [2.24, 2.45) is 0 Å². The van der Waals surface area contributed by atoms with Gasteiger partial charge >= 0.3 is 0 Å². The lowest BCUT2D eigenvalue weighted by Gasteiger charge is -2.19. The second-order valence-electron chi connectivity index (χ2n) is 3.79. The van der Waals surface area contributed by atoms with Crippen molar-refractivity contribution >= 4 is 5.69 Å². The van der Waals surface area contributed by atoms with Crippen LogP contribution in [0, 0.1) is 0 Å². The summed E-state index contributed by atoms with van der Waals surface area (Å²) in [7, 11) is 0. The second-order valence-corrected chi connectivity index (χ2v) is 3.79. The second kappa shape index (κ2) is 4.41. The van der Waals surface area contributed by atoms with Gasteiger partial charge in [0.25, 0.3) is 0 Å². The molecule has 0 spiro atoms. The molecule has 0 saturated carbocycles. The molecule has 2 heterocycles. The molecule has 0 bridgehead atoms. The van der Waals surface area contributed by atoms with Crippen molar-refractivity contribution in [1.29, 1.82) is 0 Å². The van der Waals surface area contributed by atoms with E-state index in [-0.39, 0.29) is 0 Å². The van der Waals surface area contributed by atoms with E-state index in [1.807, 2.05) is 30.3 Å². The molecule has 1 aromatic heterocycles. The van der Waals surface area contributed by atoms with E-state index in [2.05, 4.69) is 5.32 Å². The van der Waals surface area contributed by atoms with Crippen LogP contribution < -0.4 is 14.8 Å². The van der Waals surface area contributed by atoms with Crippen LogP contribution in [0.25, 0.3) is 0 Å². The summed E-state index contributed by atoms with van der Waals surface area (Å²) >= 11 is 0. The Balaban J connectivity index is 1.71.